The van der Waals surface area contributed by atoms with Gasteiger partial charge in [-0.1, -0.05) is 37.1 Å². The minimum Gasteiger partial charge on any atom is -0.393 e. The molecule has 1 fully saturated rings. The molecule has 1 aliphatic carbocycles. The van der Waals surface area contributed by atoms with Gasteiger partial charge in [-0.2, -0.15) is 0 Å². The highest BCUT2D eigenvalue weighted by Gasteiger charge is 2.27. The van der Waals surface area contributed by atoms with Crippen LogP contribution in [0.25, 0.3) is 0 Å². The topological polar surface area (TPSA) is 29.5 Å². The van der Waals surface area contributed by atoms with E-state index < -0.39 is 0 Å². The number of fused-ring (bicyclic) bond motifs is 1. The third kappa shape index (κ3) is 2.60. The van der Waals surface area contributed by atoms with Gasteiger partial charge in [0.15, 0.2) is 0 Å². The van der Waals surface area contributed by atoms with Crippen molar-refractivity contribution in [3.63, 3.8) is 0 Å². The number of rotatable bonds is 2. The number of aliphatic hydroxyl groups is 1. The van der Waals surface area contributed by atoms with Crippen molar-refractivity contribution in [1.29, 1.82) is 0 Å². The zero-order valence-corrected chi connectivity index (χ0v) is 10.8. The molecular formula is C16H22O2. The van der Waals surface area contributed by atoms with Crippen molar-refractivity contribution in [2.75, 3.05) is 6.61 Å². The fraction of sp³-hybridized carbons (Fsp3) is 0.625. The standard InChI is InChI=1S/C16H22O2/c17-14-6-3-4-12(10-14)11-16-15-7-2-1-5-13(15)8-9-18-16/h1-2,5,7,12,14,16-17H,3-4,6,8-11H2. The van der Waals surface area contributed by atoms with Gasteiger partial charge in [0, 0.05) is 0 Å². The van der Waals surface area contributed by atoms with Crippen molar-refractivity contribution in [2.45, 2.75) is 50.7 Å². The number of ether oxygens (including phenoxy) is 1. The van der Waals surface area contributed by atoms with E-state index in [4.69, 9.17) is 4.74 Å². The highest BCUT2D eigenvalue weighted by Crippen LogP contribution is 2.36. The number of hydrogen-bond donors (Lipinski definition) is 1. The molecule has 98 valence electrons. The van der Waals surface area contributed by atoms with E-state index in [2.05, 4.69) is 24.3 Å². The molecule has 3 unspecified atom stereocenters. The van der Waals surface area contributed by atoms with Gasteiger partial charge in [0.05, 0.1) is 18.8 Å². The molecule has 0 bridgehead atoms. The summed E-state index contributed by atoms with van der Waals surface area (Å²) in [5, 5.41) is 9.76. The lowest BCUT2D eigenvalue weighted by atomic mass is 9.81. The van der Waals surface area contributed by atoms with Gasteiger partial charge < -0.3 is 9.84 Å². The second-order valence-corrected chi connectivity index (χ2v) is 5.73. The Balaban J connectivity index is 1.70. The molecule has 1 aromatic rings. The average Bonchev–Trinajstić information content (AvgIpc) is 2.39. The molecule has 2 aliphatic rings. The van der Waals surface area contributed by atoms with Crippen LogP contribution >= 0.6 is 0 Å². The summed E-state index contributed by atoms with van der Waals surface area (Å²) in [6.45, 7) is 0.844. The summed E-state index contributed by atoms with van der Waals surface area (Å²) in [7, 11) is 0. The van der Waals surface area contributed by atoms with Crippen LogP contribution in [0.4, 0.5) is 0 Å². The van der Waals surface area contributed by atoms with E-state index in [0.29, 0.717) is 5.92 Å². The van der Waals surface area contributed by atoms with Gasteiger partial charge in [0.1, 0.15) is 0 Å². The SMILES string of the molecule is OC1CCCC(CC2OCCc3ccccc32)C1. The maximum Gasteiger partial charge on any atom is 0.0830 e. The summed E-state index contributed by atoms with van der Waals surface area (Å²) in [6, 6.07) is 8.65. The second kappa shape index (κ2) is 5.41. The van der Waals surface area contributed by atoms with Crippen LogP contribution in [0.1, 0.15) is 49.3 Å². The molecule has 3 atom stereocenters. The zero-order chi connectivity index (χ0) is 12.4. The fourth-order valence-electron chi connectivity index (χ4n) is 3.45. The molecule has 1 aliphatic heterocycles. The lowest BCUT2D eigenvalue weighted by Crippen LogP contribution is -2.24. The van der Waals surface area contributed by atoms with E-state index in [1.807, 2.05) is 0 Å². The van der Waals surface area contributed by atoms with Gasteiger partial charge in [-0.25, -0.2) is 0 Å². The first-order valence-electron chi connectivity index (χ1n) is 7.20. The van der Waals surface area contributed by atoms with Gasteiger partial charge in [0.25, 0.3) is 0 Å². The predicted molar refractivity (Wildman–Crippen MR) is 71.4 cm³/mol. The largest absolute Gasteiger partial charge is 0.393 e. The third-order valence-electron chi connectivity index (χ3n) is 4.39. The van der Waals surface area contributed by atoms with Crippen molar-refractivity contribution in [1.82, 2.24) is 0 Å². The van der Waals surface area contributed by atoms with Gasteiger partial charge in [-0.05, 0) is 42.7 Å². The molecular weight excluding hydrogens is 224 g/mol. The van der Waals surface area contributed by atoms with Gasteiger partial charge >= 0.3 is 0 Å². The van der Waals surface area contributed by atoms with E-state index in [0.717, 1.165) is 32.3 Å². The molecule has 0 amide bonds. The summed E-state index contributed by atoms with van der Waals surface area (Å²) in [4.78, 5) is 0. The van der Waals surface area contributed by atoms with E-state index >= 15 is 0 Å². The number of benzene rings is 1. The Morgan fingerprint density at radius 1 is 1.22 bits per heavy atom. The number of hydrogen-bond acceptors (Lipinski definition) is 2. The van der Waals surface area contributed by atoms with Crippen LogP contribution in [-0.2, 0) is 11.2 Å². The first kappa shape index (κ1) is 12.2. The van der Waals surface area contributed by atoms with E-state index in [1.165, 1.54) is 24.0 Å². The monoisotopic (exact) mass is 246 g/mol. The molecule has 1 saturated carbocycles. The lowest BCUT2D eigenvalue weighted by Gasteiger charge is -2.32. The Hall–Kier alpha value is -0.860. The van der Waals surface area contributed by atoms with Crippen molar-refractivity contribution in [3.05, 3.63) is 35.4 Å². The van der Waals surface area contributed by atoms with Crippen molar-refractivity contribution in [3.8, 4) is 0 Å². The molecule has 0 aromatic heterocycles. The maximum atomic E-state index is 9.76. The van der Waals surface area contributed by atoms with Gasteiger partial charge in [-0.3, -0.25) is 0 Å². The Morgan fingerprint density at radius 3 is 3.00 bits per heavy atom. The average molecular weight is 246 g/mol. The van der Waals surface area contributed by atoms with E-state index in [9.17, 15) is 5.11 Å². The van der Waals surface area contributed by atoms with Crippen molar-refractivity contribution in [2.24, 2.45) is 5.92 Å². The van der Waals surface area contributed by atoms with Crippen molar-refractivity contribution < 1.29 is 9.84 Å². The zero-order valence-electron chi connectivity index (χ0n) is 10.8. The normalized spacial score (nSPS) is 31.9. The minimum atomic E-state index is -0.0809. The summed E-state index contributed by atoms with van der Waals surface area (Å²) in [5.41, 5.74) is 2.83. The highest BCUT2D eigenvalue weighted by molar-refractivity contribution is 5.30. The van der Waals surface area contributed by atoms with Gasteiger partial charge in [0.2, 0.25) is 0 Å². The first-order valence-corrected chi connectivity index (χ1v) is 7.20. The highest BCUT2D eigenvalue weighted by atomic mass is 16.5. The molecule has 2 heteroatoms. The van der Waals surface area contributed by atoms with E-state index in [1.54, 1.807) is 0 Å². The van der Waals surface area contributed by atoms with Crippen LogP contribution < -0.4 is 0 Å². The molecule has 0 saturated heterocycles. The summed E-state index contributed by atoms with van der Waals surface area (Å²) >= 11 is 0. The smallest absolute Gasteiger partial charge is 0.0830 e. The second-order valence-electron chi connectivity index (χ2n) is 5.73. The molecule has 18 heavy (non-hydrogen) atoms. The van der Waals surface area contributed by atoms with E-state index in [-0.39, 0.29) is 12.2 Å². The Kier molecular flexibility index (Phi) is 3.67. The Labute approximate surface area is 109 Å². The Bertz CT molecular complexity index is 402. The van der Waals surface area contributed by atoms with Gasteiger partial charge in [-0.15, -0.1) is 0 Å². The molecule has 1 N–H and O–H groups in total. The molecule has 0 spiro atoms. The summed E-state index contributed by atoms with van der Waals surface area (Å²) in [5.74, 6) is 0.630. The van der Waals surface area contributed by atoms with Crippen LogP contribution in [0.3, 0.4) is 0 Å². The predicted octanol–water partition coefficient (Wildman–Crippen LogP) is 3.24. The molecule has 1 aromatic carbocycles. The van der Waals surface area contributed by atoms with Crippen LogP contribution in [0.15, 0.2) is 24.3 Å². The molecule has 0 radical (unpaired) electrons. The quantitative estimate of drug-likeness (QED) is 0.868. The molecule has 3 rings (SSSR count). The summed E-state index contributed by atoms with van der Waals surface area (Å²) in [6.07, 6.45) is 6.65. The van der Waals surface area contributed by atoms with Crippen LogP contribution in [0, 0.1) is 5.92 Å². The molecule has 2 nitrogen and oxygen atoms in total. The van der Waals surface area contributed by atoms with Crippen LogP contribution in [0.5, 0.6) is 0 Å². The Morgan fingerprint density at radius 2 is 2.11 bits per heavy atom. The maximum absolute atomic E-state index is 9.76. The summed E-state index contributed by atoms with van der Waals surface area (Å²) < 4.78 is 5.96. The van der Waals surface area contributed by atoms with Crippen LogP contribution in [0.2, 0.25) is 0 Å². The van der Waals surface area contributed by atoms with Crippen molar-refractivity contribution >= 4 is 0 Å². The number of aliphatic hydroxyl groups excluding tert-OH is 1. The fourth-order valence-corrected chi connectivity index (χ4v) is 3.45. The minimum absolute atomic E-state index is 0.0809. The van der Waals surface area contributed by atoms with Crippen LogP contribution in [-0.4, -0.2) is 17.8 Å². The molecule has 1 heterocycles. The lowest BCUT2D eigenvalue weighted by molar-refractivity contribution is 0.00982. The third-order valence-corrected chi connectivity index (χ3v) is 4.39. The first-order chi connectivity index (χ1) is 8.83.